The largest absolute Gasteiger partial charge is 0.351 e. The predicted octanol–water partition coefficient (Wildman–Crippen LogP) is 4.38. The van der Waals surface area contributed by atoms with Crippen molar-refractivity contribution in [3.05, 3.63) is 78.1 Å². The van der Waals surface area contributed by atoms with Crippen molar-refractivity contribution in [2.45, 2.75) is 37.3 Å². The fourth-order valence-electron chi connectivity index (χ4n) is 2.73. The van der Waals surface area contributed by atoms with Crippen LogP contribution in [0.2, 0.25) is 0 Å². The van der Waals surface area contributed by atoms with Crippen LogP contribution in [0, 0.1) is 12.7 Å². The molecule has 0 aliphatic heterocycles. The highest BCUT2D eigenvalue weighted by atomic mass is 32.2. The summed E-state index contributed by atoms with van der Waals surface area (Å²) in [6, 6.07) is 14.1. The lowest BCUT2D eigenvalue weighted by atomic mass is 10.1. The fourth-order valence-corrected chi connectivity index (χ4v) is 3.62. The van der Waals surface area contributed by atoms with E-state index in [0.717, 1.165) is 11.1 Å². The van der Waals surface area contributed by atoms with Crippen molar-refractivity contribution in [2.75, 3.05) is 0 Å². The summed E-state index contributed by atoms with van der Waals surface area (Å²) < 4.78 is 15.1. The van der Waals surface area contributed by atoms with Crippen LogP contribution in [0.1, 0.15) is 18.1 Å². The number of hydrogen-bond donors (Lipinski definition) is 1. The first-order chi connectivity index (χ1) is 14.0. The monoisotopic (exact) mass is 410 g/mol. The van der Waals surface area contributed by atoms with E-state index in [4.69, 9.17) is 0 Å². The van der Waals surface area contributed by atoms with Crippen molar-refractivity contribution in [3.63, 3.8) is 0 Å². The number of benzene rings is 2. The molecule has 0 radical (unpaired) electrons. The van der Waals surface area contributed by atoms with Gasteiger partial charge in [0.2, 0.25) is 5.91 Å². The molecule has 0 spiro atoms. The average molecular weight is 411 g/mol. The summed E-state index contributed by atoms with van der Waals surface area (Å²) in [7, 11) is 0. The van der Waals surface area contributed by atoms with Gasteiger partial charge in [-0.15, -0.1) is 16.8 Å². The molecule has 1 amide bonds. The Morgan fingerprint density at radius 2 is 1.90 bits per heavy atom. The van der Waals surface area contributed by atoms with Gasteiger partial charge in [-0.1, -0.05) is 47.7 Å². The summed E-state index contributed by atoms with van der Waals surface area (Å²) in [4.78, 5) is 12.5. The first-order valence-electron chi connectivity index (χ1n) is 9.28. The second-order valence-electron chi connectivity index (χ2n) is 6.68. The van der Waals surface area contributed by atoms with Crippen molar-refractivity contribution in [1.82, 2.24) is 20.1 Å². The van der Waals surface area contributed by atoms with E-state index >= 15 is 0 Å². The Morgan fingerprint density at radius 1 is 1.21 bits per heavy atom. The molecule has 1 N–H and O–H groups in total. The molecule has 7 heteroatoms. The molecule has 0 saturated heterocycles. The summed E-state index contributed by atoms with van der Waals surface area (Å²) in [6.45, 7) is 8.61. The van der Waals surface area contributed by atoms with Crippen LogP contribution in [0.5, 0.6) is 0 Å². The van der Waals surface area contributed by atoms with Crippen LogP contribution in [0.3, 0.4) is 0 Å². The Balaban J connectivity index is 1.69. The van der Waals surface area contributed by atoms with Crippen molar-refractivity contribution >= 4 is 17.7 Å². The van der Waals surface area contributed by atoms with E-state index in [0.29, 0.717) is 24.1 Å². The number of nitrogens with one attached hydrogen (secondary N) is 1. The molecule has 1 aromatic heterocycles. The number of hydrogen-bond acceptors (Lipinski definition) is 4. The van der Waals surface area contributed by atoms with Crippen LogP contribution in [-0.2, 0) is 17.9 Å². The van der Waals surface area contributed by atoms with Gasteiger partial charge in [0.15, 0.2) is 11.0 Å². The van der Waals surface area contributed by atoms with Crippen LogP contribution >= 0.6 is 11.8 Å². The van der Waals surface area contributed by atoms with Crippen molar-refractivity contribution in [2.24, 2.45) is 0 Å². The highest BCUT2D eigenvalue weighted by molar-refractivity contribution is 8.00. The normalized spacial score (nSPS) is 11.8. The van der Waals surface area contributed by atoms with Gasteiger partial charge in [-0.25, -0.2) is 4.39 Å². The maximum absolute atomic E-state index is 13.2. The molecule has 3 rings (SSSR count). The minimum Gasteiger partial charge on any atom is -0.351 e. The lowest BCUT2D eigenvalue weighted by Gasteiger charge is -2.13. The highest BCUT2D eigenvalue weighted by Crippen LogP contribution is 2.27. The van der Waals surface area contributed by atoms with Gasteiger partial charge in [0, 0.05) is 18.7 Å². The van der Waals surface area contributed by atoms with Crippen molar-refractivity contribution < 1.29 is 9.18 Å². The molecule has 0 aliphatic carbocycles. The molecule has 29 heavy (non-hydrogen) atoms. The van der Waals surface area contributed by atoms with Gasteiger partial charge in [-0.3, -0.25) is 9.36 Å². The number of rotatable bonds is 8. The van der Waals surface area contributed by atoms with Crippen LogP contribution in [0.15, 0.2) is 66.3 Å². The maximum atomic E-state index is 13.2. The van der Waals surface area contributed by atoms with Crippen molar-refractivity contribution in [1.29, 1.82) is 0 Å². The quantitative estimate of drug-likeness (QED) is 0.442. The van der Waals surface area contributed by atoms with Gasteiger partial charge in [0.25, 0.3) is 0 Å². The van der Waals surface area contributed by atoms with Crippen molar-refractivity contribution in [3.8, 4) is 11.4 Å². The molecule has 2 aromatic carbocycles. The van der Waals surface area contributed by atoms with Gasteiger partial charge >= 0.3 is 0 Å². The van der Waals surface area contributed by atoms with Gasteiger partial charge in [-0.05, 0) is 43.7 Å². The first-order valence-corrected chi connectivity index (χ1v) is 10.2. The van der Waals surface area contributed by atoms with Gasteiger partial charge in [-0.2, -0.15) is 0 Å². The van der Waals surface area contributed by atoms with E-state index < -0.39 is 0 Å². The molecule has 0 bridgehead atoms. The number of nitrogens with zero attached hydrogens (tertiary/aromatic N) is 3. The molecule has 0 saturated carbocycles. The zero-order chi connectivity index (χ0) is 20.8. The Morgan fingerprint density at radius 3 is 2.55 bits per heavy atom. The molecule has 0 aliphatic rings. The number of halogens is 1. The molecule has 1 heterocycles. The predicted molar refractivity (Wildman–Crippen MR) is 114 cm³/mol. The molecule has 3 aromatic rings. The van der Waals surface area contributed by atoms with Gasteiger partial charge in [0.1, 0.15) is 5.82 Å². The fraction of sp³-hybridized carbons (Fsp3) is 0.227. The Hall–Kier alpha value is -2.93. The standard InChI is InChI=1S/C22H23FN4OS/c1-4-13-27-20(18-9-11-19(23)12-10-18)25-26-22(27)29-16(3)21(28)24-14-17-7-5-15(2)6-8-17/h4-12,16H,1,13-14H2,2-3H3,(H,24,28)/t16-/m0/s1. The van der Waals surface area contributed by atoms with E-state index in [1.54, 1.807) is 18.2 Å². The minimum atomic E-state index is -0.353. The number of thioether (sulfide) groups is 1. The maximum Gasteiger partial charge on any atom is 0.233 e. The smallest absolute Gasteiger partial charge is 0.233 e. The Bertz CT molecular complexity index is 983. The molecular weight excluding hydrogens is 387 g/mol. The zero-order valence-electron chi connectivity index (χ0n) is 16.4. The second-order valence-corrected chi connectivity index (χ2v) is 7.98. The number of allylic oxidation sites excluding steroid dienone is 1. The van der Waals surface area contributed by atoms with E-state index in [1.807, 2.05) is 42.7 Å². The summed E-state index contributed by atoms with van der Waals surface area (Å²) in [5.41, 5.74) is 2.99. The summed E-state index contributed by atoms with van der Waals surface area (Å²) in [6.07, 6.45) is 1.74. The minimum absolute atomic E-state index is 0.0768. The SMILES string of the molecule is C=CCn1c(S[C@@H](C)C(=O)NCc2ccc(C)cc2)nnc1-c1ccc(F)cc1. The molecule has 1 atom stereocenters. The van der Waals surface area contributed by atoms with Crippen LogP contribution in [0.4, 0.5) is 4.39 Å². The van der Waals surface area contributed by atoms with Gasteiger partial charge in [0.05, 0.1) is 5.25 Å². The van der Waals surface area contributed by atoms with E-state index in [9.17, 15) is 9.18 Å². The second kappa shape index (κ2) is 9.52. The summed E-state index contributed by atoms with van der Waals surface area (Å²) in [5.74, 6) is 0.226. The first kappa shape index (κ1) is 20.8. The summed E-state index contributed by atoms with van der Waals surface area (Å²) >= 11 is 1.33. The number of amides is 1. The lowest BCUT2D eigenvalue weighted by Crippen LogP contribution is -2.30. The molecule has 0 fully saturated rings. The third-order valence-electron chi connectivity index (χ3n) is 4.37. The van der Waals surface area contributed by atoms with E-state index in [1.165, 1.54) is 29.5 Å². The molecule has 0 unspecified atom stereocenters. The molecular formula is C22H23FN4OS. The Labute approximate surface area is 174 Å². The third kappa shape index (κ3) is 5.32. The van der Waals surface area contributed by atoms with E-state index in [-0.39, 0.29) is 17.0 Å². The molecule has 150 valence electrons. The third-order valence-corrected chi connectivity index (χ3v) is 5.45. The number of carbonyl (C=O) groups is 1. The molecule has 5 nitrogen and oxygen atoms in total. The number of carbonyl (C=O) groups excluding carboxylic acids is 1. The highest BCUT2D eigenvalue weighted by Gasteiger charge is 2.20. The van der Waals surface area contributed by atoms with E-state index in [2.05, 4.69) is 22.1 Å². The van der Waals surface area contributed by atoms with Crippen LogP contribution in [0.25, 0.3) is 11.4 Å². The average Bonchev–Trinajstić information content (AvgIpc) is 3.10. The lowest BCUT2D eigenvalue weighted by molar-refractivity contribution is -0.120. The number of aryl methyl sites for hydroxylation is 1. The Kier molecular flexibility index (Phi) is 6.82. The number of aromatic nitrogens is 3. The topological polar surface area (TPSA) is 59.8 Å². The van der Waals surface area contributed by atoms with Crippen LogP contribution in [-0.4, -0.2) is 25.9 Å². The zero-order valence-corrected chi connectivity index (χ0v) is 17.2. The summed E-state index contributed by atoms with van der Waals surface area (Å²) in [5, 5.41) is 11.7. The van der Waals surface area contributed by atoms with Gasteiger partial charge < -0.3 is 5.32 Å². The van der Waals surface area contributed by atoms with Crippen LogP contribution < -0.4 is 5.32 Å².